The summed E-state index contributed by atoms with van der Waals surface area (Å²) < 4.78 is 33.8. The number of amides is 1. The van der Waals surface area contributed by atoms with Crippen molar-refractivity contribution in [2.24, 2.45) is 0 Å². The van der Waals surface area contributed by atoms with Gasteiger partial charge in [-0.3, -0.25) is 4.79 Å². The molecule has 0 atom stereocenters. The van der Waals surface area contributed by atoms with Crippen LogP contribution in [0.5, 0.6) is 5.75 Å². The number of rotatable bonds is 7. The number of nitrogens with one attached hydrogen (secondary N) is 1. The molecule has 106 valence electrons. The molecule has 0 spiro atoms. The Balaban J connectivity index is 2.65. The molecule has 0 saturated heterocycles. The van der Waals surface area contributed by atoms with Gasteiger partial charge in [-0.15, -0.1) is 0 Å². The molecular formula is C12H14BrF2NO3. The third kappa shape index (κ3) is 5.98. The van der Waals surface area contributed by atoms with Gasteiger partial charge in [0.2, 0.25) is 0 Å². The fourth-order valence-electron chi connectivity index (χ4n) is 1.39. The van der Waals surface area contributed by atoms with Crippen LogP contribution in [-0.2, 0) is 4.74 Å². The summed E-state index contributed by atoms with van der Waals surface area (Å²) in [6, 6.07) is 4.17. The molecular weight excluding hydrogens is 324 g/mol. The summed E-state index contributed by atoms with van der Waals surface area (Å²) in [6.45, 7) is -1.94. The molecule has 0 aliphatic carbocycles. The van der Waals surface area contributed by atoms with Crippen molar-refractivity contribution in [3.05, 3.63) is 28.2 Å². The standard InChI is InChI=1S/C12H14BrF2NO3/c1-18-4-2-3-16-11(17)8-5-9(13)7-10(6-8)19-12(14)15/h5-7,12H,2-4H2,1H3,(H,16,17). The SMILES string of the molecule is COCCCNC(=O)c1cc(Br)cc(OC(F)F)c1. The van der Waals surface area contributed by atoms with Crippen LogP contribution in [0.15, 0.2) is 22.7 Å². The molecule has 0 aliphatic rings. The first-order chi connectivity index (χ1) is 9.02. The van der Waals surface area contributed by atoms with Crippen molar-refractivity contribution in [3.63, 3.8) is 0 Å². The number of hydrogen-bond donors (Lipinski definition) is 1. The number of carbonyl (C=O) groups is 1. The zero-order chi connectivity index (χ0) is 14.3. The summed E-state index contributed by atoms with van der Waals surface area (Å²) in [7, 11) is 1.57. The largest absolute Gasteiger partial charge is 0.435 e. The molecule has 0 fully saturated rings. The Morgan fingerprint density at radius 1 is 1.42 bits per heavy atom. The molecule has 1 N–H and O–H groups in total. The topological polar surface area (TPSA) is 47.6 Å². The van der Waals surface area contributed by atoms with Gasteiger partial charge in [0.25, 0.3) is 5.91 Å². The molecule has 0 bridgehead atoms. The molecule has 19 heavy (non-hydrogen) atoms. The monoisotopic (exact) mass is 337 g/mol. The van der Waals surface area contributed by atoms with Crippen molar-refractivity contribution in [2.45, 2.75) is 13.0 Å². The third-order valence-electron chi connectivity index (χ3n) is 2.17. The molecule has 0 aromatic heterocycles. The van der Waals surface area contributed by atoms with Crippen LogP contribution in [-0.4, -0.2) is 32.8 Å². The van der Waals surface area contributed by atoms with Crippen LogP contribution >= 0.6 is 15.9 Å². The third-order valence-corrected chi connectivity index (χ3v) is 2.63. The van der Waals surface area contributed by atoms with E-state index < -0.39 is 6.61 Å². The van der Waals surface area contributed by atoms with E-state index in [1.165, 1.54) is 18.2 Å². The predicted octanol–water partition coefficient (Wildman–Crippen LogP) is 2.82. The van der Waals surface area contributed by atoms with Crippen molar-refractivity contribution < 1.29 is 23.0 Å². The molecule has 4 nitrogen and oxygen atoms in total. The summed E-state index contributed by atoms with van der Waals surface area (Å²) in [5.41, 5.74) is 0.252. The molecule has 0 aliphatic heterocycles. The number of benzene rings is 1. The van der Waals surface area contributed by atoms with Crippen LogP contribution in [0.25, 0.3) is 0 Å². The average molecular weight is 338 g/mol. The lowest BCUT2D eigenvalue weighted by Crippen LogP contribution is -2.25. The van der Waals surface area contributed by atoms with E-state index in [4.69, 9.17) is 4.74 Å². The number of methoxy groups -OCH3 is 1. The molecule has 1 aromatic rings. The van der Waals surface area contributed by atoms with E-state index in [1.54, 1.807) is 7.11 Å². The highest BCUT2D eigenvalue weighted by molar-refractivity contribution is 9.10. The van der Waals surface area contributed by atoms with Crippen LogP contribution in [0.4, 0.5) is 8.78 Å². The van der Waals surface area contributed by atoms with Gasteiger partial charge in [-0.2, -0.15) is 8.78 Å². The fraction of sp³-hybridized carbons (Fsp3) is 0.417. The van der Waals surface area contributed by atoms with Gasteiger partial charge < -0.3 is 14.8 Å². The lowest BCUT2D eigenvalue weighted by molar-refractivity contribution is -0.0499. The van der Waals surface area contributed by atoms with Gasteiger partial charge in [-0.05, 0) is 24.6 Å². The van der Waals surface area contributed by atoms with Gasteiger partial charge >= 0.3 is 6.61 Å². The smallest absolute Gasteiger partial charge is 0.387 e. The van der Waals surface area contributed by atoms with Crippen LogP contribution < -0.4 is 10.1 Å². The Bertz CT molecular complexity index is 429. The Hall–Kier alpha value is -1.21. The maximum Gasteiger partial charge on any atom is 0.387 e. The quantitative estimate of drug-likeness (QED) is 0.778. The molecule has 7 heteroatoms. The van der Waals surface area contributed by atoms with E-state index in [0.717, 1.165) is 0 Å². The number of carbonyl (C=O) groups excluding carboxylic acids is 1. The van der Waals surface area contributed by atoms with E-state index in [2.05, 4.69) is 26.0 Å². The highest BCUT2D eigenvalue weighted by Crippen LogP contribution is 2.23. The minimum absolute atomic E-state index is 0.0635. The molecule has 0 heterocycles. The van der Waals surface area contributed by atoms with Crippen LogP contribution in [0.2, 0.25) is 0 Å². The van der Waals surface area contributed by atoms with Crippen molar-refractivity contribution in [3.8, 4) is 5.75 Å². The summed E-state index contributed by atoms with van der Waals surface area (Å²) in [5, 5.41) is 2.66. The number of halogens is 3. The predicted molar refractivity (Wildman–Crippen MR) is 69.6 cm³/mol. The molecule has 0 saturated carbocycles. The fourth-order valence-corrected chi connectivity index (χ4v) is 1.86. The van der Waals surface area contributed by atoms with E-state index in [1.807, 2.05) is 0 Å². The van der Waals surface area contributed by atoms with Crippen molar-refractivity contribution in [1.82, 2.24) is 5.32 Å². The van der Waals surface area contributed by atoms with Gasteiger partial charge in [0.05, 0.1) is 0 Å². The van der Waals surface area contributed by atoms with Crippen LogP contribution in [0.3, 0.4) is 0 Å². The Kier molecular flexibility index (Phi) is 6.72. The van der Waals surface area contributed by atoms with Crippen LogP contribution in [0, 0.1) is 0 Å². The minimum atomic E-state index is -2.92. The van der Waals surface area contributed by atoms with Gasteiger partial charge in [0, 0.05) is 30.3 Å². The zero-order valence-corrected chi connectivity index (χ0v) is 11.9. The van der Waals surface area contributed by atoms with Crippen molar-refractivity contribution in [1.29, 1.82) is 0 Å². The molecule has 1 rings (SSSR count). The maximum absolute atomic E-state index is 12.1. The summed E-state index contributed by atoms with van der Waals surface area (Å²) in [4.78, 5) is 11.8. The summed E-state index contributed by atoms with van der Waals surface area (Å²) >= 11 is 3.14. The number of hydrogen-bond acceptors (Lipinski definition) is 3. The Labute approximate surface area is 118 Å². The van der Waals surface area contributed by atoms with Crippen molar-refractivity contribution in [2.75, 3.05) is 20.3 Å². The zero-order valence-electron chi connectivity index (χ0n) is 10.3. The highest BCUT2D eigenvalue weighted by atomic mass is 79.9. The second-order valence-corrected chi connectivity index (χ2v) is 4.57. The lowest BCUT2D eigenvalue weighted by Gasteiger charge is -2.09. The first-order valence-corrected chi connectivity index (χ1v) is 6.34. The van der Waals surface area contributed by atoms with Gasteiger partial charge in [-0.1, -0.05) is 15.9 Å². The van der Waals surface area contributed by atoms with Crippen LogP contribution in [0.1, 0.15) is 16.8 Å². The average Bonchev–Trinajstić information content (AvgIpc) is 2.32. The molecule has 0 radical (unpaired) electrons. The van der Waals surface area contributed by atoms with Crippen molar-refractivity contribution >= 4 is 21.8 Å². The second kappa shape index (κ2) is 8.06. The van der Waals surface area contributed by atoms with E-state index in [9.17, 15) is 13.6 Å². The van der Waals surface area contributed by atoms with E-state index >= 15 is 0 Å². The van der Waals surface area contributed by atoms with E-state index in [-0.39, 0.29) is 17.2 Å². The first-order valence-electron chi connectivity index (χ1n) is 5.55. The van der Waals surface area contributed by atoms with Gasteiger partial charge in [-0.25, -0.2) is 0 Å². The molecule has 1 amide bonds. The lowest BCUT2D eigenvalue weighted by atomic mass is 10.2. The maximum atomic E-state index is 12.1. The Morgan fingerprint density at radius 2 is 2.16 bits per heavy atom. The molecule has 0 unspecified atom stereocenters. The first kappa shape index (κ1) is 15.8. The normalized spacial score (nSPS) is 10.6. The van der Waals surface area contributed by atoms with Gasteiger partial charge in [0.1, 0.15) is 5.75 Å². The Morgan fingerprint density at radius 3 is 2.79 bits per heavy atom. The number of alkyl halides is 2. The second-order valence-electron chi connectivity index (χ2n) is 3.66. The van der Waals surface area contributed by atoms with E-state index in [0.29, 0.717) is 24.0 Å². The summed E-state index contributed by atoms with van der Waals surface area (Å²) in [5.74, 6) is -0.414. The van der Waals surface area contributed by atoms with Gasteiger partial charge in [0.15, 0.2) is 0 Å². The molecule has 1 aromatic carbocycles. The number of ether oxygens (including phenoxy) is 2. The summed E-state index contributed by atoms with van der Waals surface area (Å²) in [6.07, 6.45) is 0.677. The highest BCUT2D eigenvalue weighted by Gasteiger charge is 2.11. The minimum Gasteiger partial charge on any atom is -0.435 e.